The molecule has 0 radical (unpaired) electrons. The molecule has 2 heterocycles. The van der Waals surface area contributed by atoms with Crippen LogP contribution >= 0.6 is 0 Å². The Morgan fingerprint density at radius 3 is 2.56 bits per heavy atom. The molecule has 0 amide bonds. The van der Waals surface area contributed by atoms with Gasteiger partial charge in [-0.2, -0.15) is 0 Å². The lowest BCUT2D eigenvalue weighted by Crippen LogP contribution is -2.44. The molecule has 0 unspecified atom stereocenters. The lowest BCUT2D eigenvalue weighted by Gasteiger charge is -2.25. The van der Waals surface area contributed by atoms with Gasteiger partial charge >= 0.3 is 5.97 Å². The van der Waals surface area contributed by atoms with Crippen molar-refractivity contribution in [3.05, 3.63) is 65.7 Å². The second-order valence-corrected chi connectivity index (χ2v) is 6.38. The highest BCUT2D eigenvalue weighted by molar-refractivity contribution is 6.09. The summed E-state index contributed by atoms with van der Waals surface area (Å²) in [4.78, 5) is 24.9. The van der Waals surface area contributed by atoms with E-state index in [9.17, 15) is 9.59 Å². The minimum Gasteiger partial charge on any atom is -0.478 e. The van der Waals surface area contributed by atoms with Crippen LogP contribution in [0.4, 0.5) is 0 Å². The Bertz CT molecular complexity index is 816. The van der Waals surface area contributed by atoms with E-state index in [1.165, 1.54) is 7.11 Å². The monoisotopic (exact) mass is 338 g/mol. The third-order valence-electron chi connectivity index (χ3n) is 4.75. The molecule has 0 bridgehead atoms. The SMILES string of the molecule is COC(=O)C[C@@]1(C[C@@H]2O[C@H]2c2ccccc2)Oc2ccccc2C1=O. The molecule has 2 aromatic rings. The molecule has 25 heavy (non-hydrogen) atoms. The van der Waals surface area contributed by atoms with Crippen LogP contribution in [0.5, 0.6) is 5.75 Å². The second kappa shape index (κ2) is 6.01. The number of para-hydroxylation sites is 1. The molecule has 0 spiro atoms. The van der Waals surface area contributed by atoms with Crippen LogP contribution in [0, 0.1) is 0 Å². The lowest BCUT2D eigenvalue weighted by molar-refractivity contribution is -0.144. The highest BCUT2D eigenvalue weighted by Gasteiger charge is 2.55. The molecule has 0 aliphatic carbocycles. The normalized spacial score (nSPS) is 26.7. The number of carbonyl (C=O) groups excluding carboxylic acids is 2. The van der Waals surface area contributed by atoms with Gasteiger partial charge in [0.2, 0.25) is 5.78 Å². The summed E-state index contributed by atoms with van der Waals surface area (Å²) in [5.74, 6) is -0.151. The smallest absolute Gasteiger partial charge is 0.310 e. The first-order valence-electron chi connectivity index (χ1n) is 8.23. The van der Waals surface area contributed by atoms with Crippen molar-refractivity contribution in [2.75, 3.05) is 7.11 Å². The number of epoxide rings is 1. The maximum absolute atomic E-state index is 13.0. The molecule has 1 fully saturated rings. The van der Waals surface area contributed by atoms with Crippen molar-refractivity contribution in [1.82, 2.24) is 0 Å². The number of Topliss-reactive ketones (excluding diaryl/α,β-unsaturated/α-hetero) is 1. The Labute approximate surface area is 145 Å². The number of hydrogen-bond donors (Lipinski definition) is 0. The lowest BCUT2D eigenvalue weighted by atomic mass is 9.86. The van der Waals surface area contributed by atoms with Crippen molar-refractivity contribution < 1.29 is 23.8 Å². The summed E-state index contributed by atoms with van der Waals surface area (Å²) in [6.07, 6.45) is -0.0470. The van der Waals surface area contributed by atoms with Gasteiger partial charge in [-0.05, 0) is 17.7 Å². The number of benzene rings is 2. The topological polar surface area (TPSA) is 65.1 Å². The van der Waals surface area contributed by atoms with Gasteiger partial charge in [-0.15, -0.1) is 0 Å². The molecular weight excluding hydrogens is 320 g/mol. The summed E-state index contributed by atoms with van der Waals surface area (Å²) in [6.45, 7) is 0. The maximum atomic E-state index is 13.0. The molecular formula is C20H18O5. The number of fused-ring (bicyclic) bond motifs is 1. The Hall–Kier alpha value is -2.66. The van der Waals surface area contributed by atoms with E-state index in [2.05, 4.69) is 0 Å². The number of carbonyl (C=O) groups is 2. The van der Waals surface area contributed by atoms with E-state index in [4.69, 9.17) is 14.2 Å². The molecule has 2 aliphatic rings. The summed E-state index contributed by atoms with van der Waals surface area (Å²) in [5.41, 5.74) is 0.303. The number of hydrogen-bond acceptors (Lipinski definition) is 5. The van der Waals surface area contributed by atoms with E-state index in [0.717, 1.165) is 5.56 Å². The van der Waals surface area contributed by atoms with Gasteiger partial charge in [0.05, 0.1) is 25.2 Å². The second-order valence-electron chi connectivity index (χ2n) is 6.38. The molecule has 1 saturated heterocycles. The molecule has 5 nitrogen and oxygen atoms in total. The van der Waals surface area contributed by atoms with Gasteiger partial charge < -0.3 is 14.2 Å². The van der Waals surface area contributed by atoms with Gasteiger partial charge in [-0.1, -0.05) is 42.5 Å². The van der Waals surface area contributed by atoms with Gasteiger partial charge in [0.15, 0.2) is 5.60 Å². The summed E-state index contributed by atoms with van der Waals surface area (Å²) >= 11 is 0. The van der Waals surface area contributed by atoms with Gasteiger partial charge in [0.1, 0.15) is 11.9 Å². The molecule has 2 aliphatic heterocycles. The van der Waals surface area contributed by atoms with E-state index in [1.54, 1.807) is 24.3 Å². The van der Waals surface area contributed by atoms with Crippen molar-refractivity contribution in [3.63, 3.8) is 0 Å². The highest BCUT2D eigenvalue weighted by atomic mass is 16.6. The number of esters is 1. The molecule has 0 N–H and O–H groups in total. The standard InChI is InChI=1S/C20H18O5/c1-23-17(21)12-20(19(22)14-9-5-6-10-15(14)25-20)11-16-18(24-16)13-7-3-2-4-8-13/h2-10,16,18H,11-12H2,1H3/t16-,18-,20+/m0/s1. The average molecular weight is 338 g/mol. The van der Waals surface area contributed by atoms with Crippen LogP contribution in [0.15, 0.2) is 54.6 Å². The molecule has 0 saturated carbocycles. The van der Waals surface area contributed by atoms with Crippen LogP contribution in [0.25, 0.3) is 0 Å². The quantitative estimate of drug-likeness (QED) is 0.619. The zero-order valence-electron chi connectivity index (χ0n) is 13.8. The number of rotatable bonds is 5. The number of methoxy groups -OCH3 is 1. The van der Waals surface area contributed by atoms with Gasteiger partial charge in [0.25, 0.3) is 0 Å². The minimum absolute atomic E-state index is 0.0733. The first-order valence-corrected chi connectivity index (χ1v) is 8.23. The Balaban J connectivity index is 1.59. The van der Waals surface area contributed by atoms with Crippen molar-refractivity contribution in [3.8, 4) is 5.75 Å². The minimum atomic E-state index is -1.26. The number of ether oxygens (including phenoxy) is 3. The van der Waals surface area contributed by atoms with E-state index in [0.29, 0.717) is 17.7 Å². The Morgan fingerprint density at radius 2 is 1.84 bits per heavy atom. The third-order valence-corrected chi connectivity index (χ3v) is 4.75. The predicted octanol–water partition coefficient (Wildman–Crippen LogP) is 3.09. The van der Waals surface area contributed by atoms with Crippen LogP contribution in [-0.2, 0) is 14.3 Å². The van der Waals surface area contributed by atoms with Crippen molar-refractivity contribution >= 4 is 11.8 Å². The van der Waals surface area contributed by atoms with E-state index < -0.39 is 11.6 Å². The van der Waals surface area contributed by atoms with Crippen LogP contribution in [0.3, 0.4) is 0 Å². The van der Waals surface area contributed by atoms with Crippen LogP contribution < -0.4 is 4.74 Å². The van der Waals surface area contributed by atoms with Gasteiger partial charge in [-0.25, -0.2) is 0 Å². The van der Waals surface area contributed by atoms with Gasteiger partial charge in [-0.3, -0.25) is 9.59 Å². The molecule has 5 heteroatoms. The van der Waals surface area contributed by atoms with E-state index in [-0.39, 0.29) is 24.4 Å². The third kappa shape index (κ3) is 2.81. The molecule has 2 aromatic carbocycles. The van der Waals surface area contributed by atoms with Gasteiger partial charge in [0, 0.05) is 6.42 Å². The molecule has 4 rings (SSSR count). The molecule has 128 valence electrons. The van der Waals surface area contributed by atoms with Crippen LogP contribution in [0.2, 0.25) is 0 Å². The molecule has 3 atom stereocenters. The summed E-state index contributed by atoms with van der Waals surface area (Å²) in [6, 6.07) is 16.9. The van der Waals surface area contributed by atoms with E-state index in [1.807, 2.05) is 30.3 Å². The van der Waals surface area contributed by atoms with Crippen molar-refractivity contribution in [1.29, 1.82) is 0 Å². The fraction of sp³-hybridized carbons (Fsp3) is 0.300. The highest BCUT2D eigenvalue weighted by Crippen LogP contribution is 2.48. The Kier molecular flexibility index (Phi) is 3.81. The number of ketones is 1. The fourth-order valence-corrected chi connectivity index (χ4v) is 3.43. The van der Waals surface area contributed by atoms with Crippen molar-refractivity contribution in [2.45, 2.75) is 30.7 Å². The van der Waals surface area contributed by atoms with Crippen LogP contribution in [-0.4, -0.2) is 30.6 Å². The maximum Gasteiger partial charge on any atom is 0.310 e. The first-order chi connectivity index (χ1) is 12.1. The zero-order chi connectivity index (χ0) is 17.4. The average Bonchev–Trinajstić information content (AvgIpc) is 3.35. The van der Waals surface area contributed by atoms with Crippen LogP contribution in [0.1, 0.15) is 34.9 Å². The summed E-state index contributed by atoms with van der Waals surface area (Å²) < 4.78 is 16.5. The fourth-order valence-electron chi connectivity index (χ4n) is 3.43. The predicted molar refractivity (Wildman–Crippen MR) is 89.4 cm³/mol. The summed E-state index contributed by atoms with van der Waals surface area (Å²) in [7, 11) is 1.31. The zero-order valence-corrected chi connectivity index (χ0v) is 13.8. The Morgan fingerprint density at radius 1 is 1.12 bits per heavy atom. The van der Waals surface area contributed by atoms with E-state index >= 15 is 0 Å². The first kappa shape index (κ1) is 15.8. The van der Waals surface area contributed by atoms with Crippen molar-refractivity contribution in [2.24, 2.45) is 0 Å². The summed E-state index contributed by atoms with van der Waals surface area (Å²) in [5, 5.41) is 0. The molecule has 0 aromatic heterocycles. The largest absolute Gasteiger partial charge is 0.478 e.